The summed E-state index contributed by atoms with van der Waals surface area (Å²) >= 11 is 0. The normalized spacial score (nSPS) is 12.5. The molecule has 3 aromatic rings. The largest absolute Gasteiger partial charge is 0.497 e. The van der Waals surface area contributed by atoms with Gasteiger partial charge < -0.3 is 19.6 Å². The number of nitrogens with two attached hydrogens (primary N) is 1. The average Bonchev–Trinajstić information content (AvgIpc) is 2.77. The number of rotatable bonds is 8. The number of Topliss-reactive ketones (excluding diaryl/α,β-unsaturated/α-hetero) is 1. The summed E-state index contributed by atoms with van der Waals surface area (Å²) in [6.07, 6.45) is -0.326. The highest BCUT2D eigenvalue weighted by molar-refractivity contribution is 5.99. The minimum absolute atomic E-state index is 0.169. The van der Waals surface area contributed by atoms with Crippen molar-refractivity contribution in [2.75, 3.05) is 14.2 Å². The number of fused-ring (bicyclic) bond motifs is 1. The van der Waals surface area contributed by atoms with Gasteiger partial charge in [-0.05, 0) is 23.8 Å². The highest BCUT2D eigenvalue weighted by atomic mass is 16.5. The van der Waals surface area contributed by atoms with Gasteiger partial charge in [-0.25, -0.2) is 4.79 Å². The molecule has 0 spiro atoms. The molecule has 8 nitrogen and oxygen atoms in total. The van der Waals surface area contributed by atoms with Gasteiger partial charge in [0.25, 0.3) is 0 Å². The van der Waals surface area contributed by atoms with Crippen molar-refractivity contribution in [3.8, 4) is 17.6 Å². The van der Waals surface area contributed by atoms with Crippen molar-refractivity contribution in [1.82, 2.24) is 0 Å². The molecule has 1 aromatic heterocycles. The van der Waals surface area contributed by atoms with Crippen molar-refractivity contribution in [2.24, 2.45) is 11.7 Å². The van der Waals surface area contributed by atoms with Crippen LogP contribution < -0.4 is 20.8 Å². The second-order valence-corrected chi connectivity index (χ2v) is 6.84. The Morgan fingerprint density at radius 2 is 1.87 bits per heavy atom. The topological polar surface area (TPSA) is 133 Å². The lowest BCUT2D eigenvalue weighted by molar-refractivity contribution is -0.120. The zero-order valence-electron chi connectivity index (χ0n) is 17.0. The van der Waals surface area contributed by atoms with Gasteiger partial charge >= 0.3 is 5.63 Å². The Bertz CT molecular complexity index is 1240. The Kier molecular flexibility index (Phi) is 6.36. The van der Waals surface area contributed by atoms with E-state index in [-0.39, 0.29) is 12.0 Å². The molecule has 0 fully saturated rings. The summed E-state index contributed by atoms with van der Waals surface area (Å²) in [5.74, 6) is -2.91. The van der Waals surface area contributed by atoms with E-state index in [2.05, 4.69) is 0 Å². The Hall–Kier alpha value is -4.12. The zero-order chi connectivity index (χ0) is 22.5. The number of ether oxygens (including phenoxy) is 2. The van der Waals surface area contributed by atoms with E-state index in [1.165, 1.54) is 20.3 Å². The minimum Gasteiger partial charge on any atom is -0.497 e. The van der Waals surface area contributed by atoms with Crippen molar-refractivity contribution < 1.29 is 23.5 Å². The van der Waals surface area contributed by atoms with Crippen LogP contribution in [0.2, 0.25) is 0 Å². The third-order valence-corrected chi connectivity index (χ3v) is 5.04. The van der Waals surface area contributed by atoms with E-state index >= 15 is 0 Å². The monoisotopic (exact) mass is 420 g/mol. The molecule has 2 atom stereocenters. The molecule has 0 saturated carbocycles. The van der Waals surface area contributed by atoms with Crippen LogP contribution in [-0.4, -0.2) is 25.9 Å². The van der Waals surface area contributed by atoms with Crippen LogP contribution in [-0.2, 0) is 4.79 Å². The number of nitrogens with zero attached hydrogens (tertiary/aromatic N) is 1. The third-order valence-electron chi connectivity index (χ3n) is 5.04. The first-order chi connectivity index (χ1) is 14.9. The van der Waals surface area contributed by atoms with Crippen LogP contribution in [0.25, 0.3) is 11.0 Å². The van der Waals surface area contributed by atoms with Crippen LogP contribution in [0.15, 0.2) is 57.7 Å². The summed E-state index contributed by atoms with van der Waals surface area (Å²) in [6, 6.07) is 14.9. The molecule has 3 rings (SSSR count). The maximum Gasteiger partial charge on any atom is 0.347 e. The van der Waals surface area contributed by atoms with Gasteiger partial charge in [0.05, 0.1) is 20.3 Å². The predicted molar refractivity (Wildman–Crippen MR) is 112 cm³/mol. The van der Waals surface area contributed by atoms with Gasteiger partial charge in [-0.3, -0.25) is 9.59 Å². The smallest absolute Gasteiger partial charge is 0.347 e. The van der Waals surface area contributed by atoms with Gasteiger partial charge in [0.2, 0.25) is 5.91 Å². The van der Waals surface area contributed by atoms with Gasteiger partial charge in [0.1, 0.15) is 28.6 Å². The number of primary amides is 1. The fraction of sp³-hybridized carbons (Fsp3) is 0.217. The molecule has 31 heavy (non-hydrogen) atoms. The first-order valence-corrected chi connectivity index (χ1v) is 9.36. The summed E-state index contributed by atoms with van der Waals surface area (Å²) in [4.78, 5) is 37.4. The number of amides is 1. The Labute approximate surface area is 177 Å². The van der Waals surface area contributed by atoms with Crippen molar-refractivity contribution in [1.29, 1.82) is 5.26 Å². The van der Waals surface area contributed by atoms with Crippen molar-refractivity contribution >= 4 is 22.7 Å². The van der Waals surface area contributed by atoms with Crippen LogP contribution in [0.4, 0.5) is 0 Å². The molecule has 158 valence electrons. The molecule has 0 aliphatic carbocycles. The van der Waals surface area contributed by atoms with Gasteiger partial charge in [0, 0.05) is 23.8 Å². The lowest BCUT2D eigenvalue weighted by atomic mass is 9.81. The second-order valence-electron chi connectivity index (χ2n) is 6.84. The minimum atomic E-state index is -1.32. The van der Waals surface area contributed by atoms with E-state index in [1.807, 2.05) is 6.07 Å². The number of ketones is 1. The lowest BCUT2D eigenvalue weighted by Gasteiger charge is -2.22. The number of hydrogen-bond donors (Lipinski definition) is 1. The molecule has 1 heterocycles. The predicted octanol–water partition coefficient (Wildman–Crippen LogP) is 2.79. The van der Waals surface area contributed by atoms with E-state index in [0.29, 0.717) is 28.0 Å². The number of methoxy groups -OCH3 is 2. The summed E-state index contributed by atoms with van der Waals surface area (Å²) in [5, 5.41) is 10.1. The number of carbonyl (C=O) groups is 2. The number of nitriles is 1. The Morgan fingerprint density at radius 1 is 1.13 bits per heavy atom. The fourth-order valence-electron chi connectivity index (χ4n) is 3.45. The fourth-order valence-corrected chi connectivity index (χ4v) is 3.45. The van der Waals surface area contributed by atoms with E-state index in [1.54, 1.807) is 42.5 Å². The molecule has 0 aliphatic rings. The third kappa shape index (κ3) is 4.41. The Morgan fingerprint density at radius 3 is 2.52 bits per heavy atom. The SMILES string of the molecule is COc1ccc(C(CC(=O)c2cc3ccccc3oc2=O)C(C#N)C(N)=O)c(OC)c1. The first-order valence-electron chi connectivity index (χ1n) is 9.36. The number of carbonyl (C=O) groups excluding carboxylic acids is 2. The molecular formula is C23H20N2O6. The maximum absolute atomic E-state index is 13.1. The molecule has 0 aliphatic heterocycles. The van der Waals surface area contributed by atoms with Gasteiger partial charge in [-0.1, -0.05) is 24.3 Å². The van der Waals surface area contributed by atoms with Crippen molar-refractivity contribution in [3.63, 3.8) is 0 Å². The number of benzene rings is 2. The van der Waals surface area contributed by atoms with Crippen LogP contribution in [0.3, 0.4) is 0 Å². The lowest BCUT2D eigenvalue weighted by Crippen LogP contribution is -2.30. The quantitative estimate of drug-likeness (QED) is 0.437. The molecular weight excluding hydrogens is 400 g/mol. The van der Waals surface area contributed by atoms with E-state index in [4.69, 9.17) is 19.6 Å². The van der Waals surface area contributed by atoms with Gasteiger partial charge in [-0.15, -0.1) is 0 Å². The molecule has 2 N–H and O–H groups in total. The number of hydrogen-bond acceptors (Lipinski definition) is 7. The number of para-hydroxylation sites is 1. The van der Waals surface area contributed by atoms with Crippen LogP contribution in [0.5, 0.6) is 11.5 Å². The molecule has 0 bridgehead atoms. The zero-order valence-corrected chi connectivity index (χ0v) is 17.0. The molecule has 2 aromatic carbocycles. The van der Waals surface area contributed by atoms with Crippen molar-refractivity contribution in [3.05, 3.63) is 70.1 Å². The van der Waals surface area contributed by atoms with E-state index in [0.717, 1.165) is 0 Å². The highest BCUT2D eigenvalue weighted by Gasteiger charge is 2.33. The summed E-state index contributed by atoms with van der Waals surface area (Å²) in [7, 11) is 2.90. The van der Waals surface area contributed by atoms with Crippen LogP contribution in [0.1, 0.15) is 28.3 Å². The molecule has 0 radical (unpaired) electrons. The molecule has 1 amide bonds. The summed E-state index contributed by atoms with van der Waals surface area (Å²) < 4.78 is 15.8. The second kappa shape index (κ2) is 9.13. The highest BCUT2D eigenvalue weighted by Crippen LogP contribution is 2.37. The van der Waals surface area contributed by atoms with Crippen LogP contribution >= 0.6 is 0 Å². The maximum atomic E-state index is 13.1. The van der Waals surface area contributed by atoms with E-state index in [9.17, 15) is 19.6 Å². The molecule has 0 saturated heterocycles. The first kappa shape index (κ1) is 21.6. The van der Waals surface area contributed by atoms with Crippen LogP contribution in [0, 0.1) is 17.2 Å². The van der Waals surface area contributed by atoms with Gasteiger partial charge in [-0.2, -0.15) is 5.26 Å². The summed E-state index contributed by atoms with van der Waals surface area (Å²) in [6.45, 7) is 0. The molecule has 8 heteroatoms. The summed E-state index contributed by atoms with van der Waals surface area (Å²) in [5.41, 5.74) is 5.24. The molecule has 2 unspecified atom stereocenters. The van der Waals surface area contributed by atoms with Crippen molar-refractivity contribution in [2.45, 2.75) is 12.3 Å². The Balaban J connectivity index is 2.07. The van der Waals surface area contributed by atoms with Gasteiger partial charge in [0.15, 0.2) is 5.78 Å². The standard InChI is InChI=1S/C23H20N2O6/c1-29-14-7-8-15(21(10-14)30-2)16(18(12-24)22(25)27)11-19(26)17-9-13-5-3-4-6-20(13)31-23(17)28/h3-10,16,18H,11H2,1-2H3,(H2,25,27). The van der Waals surface area contributed by atoms with E-state index < -0.39 is 29.2 Å². The average molecular weight is 420 g/mol.